The monoisotopic (exact) mass is 393 g/mol. The normalized spacial score (nSPS) is 12.0. The van der Waals surface area contributed by atoms with E-state index in [4.69, 9.17) is 9.47 Å². The Kier molecular flexibility index (Phi) is 12.8. The molecule has 2 aromatic rings. The molecular formula is C26H35NO2. The Hall–Kier alpha value is -2.73. The SMILES string of the molecule is C#C.CC.CCCOC(=NCCCOc1ccc2c(c1)CCC2)c1ccccc1. The number of fused-ring (bicyclic) bond motifs is 1. The van der Waals surface area contributed by atoms with E-state index in [1.165, 1.54) is 30.4 Å². The van der Waals surface area contributed by atoms with Crippen LogP contribution in [0.15, 0.2) is 53.5 Å². The smallest absolute Gasteiger partial charge is 0.216 e. The molecule has 1 aliphatic carbocycles. The standard InChI is InChI=1S/C22H27NO2.C2H6.C2H2/c1-2-15-25-22(19-8-4-3-5-9-19)23-14-7-16-24-21-13-12-18-10-6-11-20(18)17-21;2*1-2/h3-5,8-9,12-13,17H,2,6-7,10-11,14-16H2,1H3;1-2H3;1-2H. The average Bonchev–Trinajstić information content (AvgIpc) is 3.27. The molecule has 3 heteroatoms. The van der Waals surface area contributed by atoms with E-state index in [9.17, 15) is 0 Å². The summed E-state index contributed by atoms with van der Waals surface area (Å²) < 4.78 is 11.7. The van der Waals surface area contributed by atoms with Gasteiger partial charge >= 0.3 is 0 Å². The first-order valence-corrected chi connectivity index (χ1v) is 10.7. The van der Waals surface area contributed by atoms with Gasteiger partial charge < -0.3 is 9.47 Å². The molecule has 0 aliphatic heterocycles. The summed E-state index contributed by atoms with van der Waals surface area (Å²) in [6, 6.07) is 16.6. The van der Waals surface area contributed by atoms with Crippen LogP contribution in [-0.2, 0) is 17.6 Å². The van der Waals surface area contributed by atoms with Crippen molar-refractivity contribution in [2.45, 2.75) is 52.9 Å². The van der Waals surface area contributed by atoms with Crippen molar-refractivity contribution in [1.29, 1.82) is 0 Å². The number of hydrogen-bond donors (Lipinski definition) is 0. The fourth-order valence-electron chi connectivity index (χ4n) is 3.07. The third-order valence-corrected chi connectivity index (χ3v) is 4.36. The third-order valence-electron chi connectivity index (χ3n) is 4.36. The Morgan fingerprint density at radius 2 is 1.69 bits per heavy atom. The van der Waals surface area contributed by atoms with Crippen molar-refractivity contribution in [2.24, 2.45) is 4.99 Å². The van der Waals surface area contributed by atoms with Gasteiger partial charge in [0.05, 0.1) is 13.2 Å². The number of rotatable bonds is 8. The van der Waals surface area contributed by atoms with Gasteiger partial charge in [0.15, 0.2) is 0 Å². The largest absolute Gasteiger partial charge is 0.494 e. The summed E-state index contributed by atoms with van der Waals surface area (Å²) in [6.45, 7) is 8.18. The maximum atomic E-state index is 5.89. The number of hydrogen-bond acceptors (Lipinski definition) is 3. The first-order chi connectivity index (χ1) is 14.4. The van der Waals surface area contributed by atoms with E-state index in [1.807, 2.05) is 44.2 Å². The number of ether oxygens (including phenoxy) is 2. The lowest BCUT2D eigenvalue weighted by Gasteiger charge is -2.10. The molecule has 0 spiro atoms. The van der Waals surface area contributed by atoms with Gasteiger partial charge in [-0.05, 0) is 61.1 Å². The van der Waals surface area contributed by atoms with Crippen LogP contribution in [-0.4, -0.2) is 25.7 Å². The van der Waals surface area contributed by atoms with Gasteiger partial charge in [-0.25, -0.2) is 0 Å². The Morgan fingerprint density at radius 1 is 0.966 bits per heavy atom. The van der Waals surface area contributed by atoms with Gasteiger partial charge in [-0.1, -0.05) is 45.0 Å². The van der Waals surface area contributed by atoms with Crippen LogP contribution < -0.4 is 4.74 Å². The first-order valence-electron chi connectivity index (χ1n) is 10.7. The summed E-state index contributed by atoms with van der Waals surface area (Å²) in [4.78, 5) is 4.63. The van der Waals surface area contributed by atoms with Crippen molar-refractivity contribution < 1.29 is 9.47 Å². The van der Waals surface area contributed by atoms with E-state index in [0.29, 0.717) is 19.8 Å². The van der Waals surface area contributed by atoms with E-state index in [0.717, 1.165) is 30.1 Å². The molecule has 0 saturated heterocycles. The van der Waals surface area contributed by atoms with Crippen molar-refractivity contribution in [2.75, 3.05) is 19.8 Å². The lowest BCUT2D eigenvalue weighted by Crippen LogP contribution is -2.09. The van der Waals surface area contributed by atoms with Crippen molar-refractivity contribution >= 4 is 5.90 Å². The zero-order valence-electron chi connectivity index (χ0n) is 18.2. The van der Waals surface area contributed by atoms with E-state index in [1.54, 1.807) is 0 Å². The van der Waals surface area contributed by atoms with Crippen LogP contribution in [0.3, 0.4) is 0 Å². The van der Waals surface area contributed by atoms with Crippen molar-refractivity contribution in [3.8, 4) is 18.6 Å². The van der Waals surface area contributed by atoms with Crippen LogP contribution in [0, 0.1) is 12.8 Å². The molecule has 0 N–H and O–H groups in total. The molecule has 0 atom stereocenters. The van der Waals surface area contributed by atoms with Gasteiger partial charge in [0.1, 0.15) is 5.75 Å². The lowest BCUT2D eigenvalue weighted by atomic mass is 10.1. The number of nitrogens with zero attached hydrogens (tertiary/aromatic N) is 1. The van der Waals surface area contributed by atoms with Crippen molar-refractivity contribution in [1.82, 2.24) is 0 Å². The number of aliphatic imine (C=N–C) groups is 1. The molecule has 0 fully saturated rings. The Balaban J connectivity index is 0.000000989. The van der Waals surface area contributed by atoms with Crippen LogP contribution in [0.5, 0.6) is 5.75 Å². The van der Waals surface area contributed by atoms with Gasteiger partial charge in [0.25, 0.3) is 0 Å². The van der Waals surface area contributed by atoms with Crippen LogP contribution in [0.25, 0.3) is 0 Å². The minimum Gasteiger partial charge on any atom is -0.494 e. The molecule has 2 aromatic carbocycles. The predicted octanol–water partition coefficient (Wildman–Crippen LogP) is 6.09. The van der Waals surface area contributed by atoms with Crippen LogP contribution in [0.1, 0.15) is 56.7 Å². The Morgan fingerprint density at radius 3 is 2.41 bits per heavy atom. The third kappa shape index (κ3) is 8.44. The van der Waals surface area contributed by atoms with E-state index in [-0.39, 0.29) is 0 Å². The van der Waals surface area contributed by atoms with Gasteiger partial charge in [-0.2, -0.15) is 0 Å². The summed E-state index contributed by atoms with van der Waals surface area (Å²) in [6.07, 6.45) is 13.5. The molecule has 0 aromatic heterocycles. The first kappa shape index (κ1) is 24.3. The maximum absolute atomic E-state index is 5.89. The molecule has 0 radical (unpaired) electrons. The number of aryl methyl sites for hydroxylation is 2. The molecule has 0 saturated carbocycles. The highest BCUT2D eigenvalue weighted by molar-refractivity contribution is 5.94. The summed E-state index contributed by atoms with van der Waals surface area (Å²) in [5.74, 6) is 1.72. The average molecular weight is 394 g/mol. The highest BCUT2D eigenvalue weighted by atomic mass is 16.5. The fourth-order valence-corrected chi connectivity index (χ4v) is 3.07. The van der Waals surface area contributed by atoms with Crippen LogP contribution in [0.4, 0.5) is 0 Å². The minimum absolute atomic E-state index is 0.679. The predicted molar refractivity (Wildman–Crippen MR) is 124 cm³/mol. The summed E-state index contributed by atoms with van der Waals surface area (Å²) in [5.41, 5.74) is 3.97. The van der Waals surface area contributed by atoms with Gasteiger partial charge in [-0.3, -0.25) is 4.99 Å². The van der Waals surface area contributed by atoms with E-state index in [2.05, 4.69) is 43.0 Å². The lowest BCUT2D eigenvalue weighted by molar-refractivity contribution is 0.299. The summed E-state index contributed by atoms with van der Waals surface area (Å²) >= 11 is 0. The molecule has 0 bridgehead atoms. The summed E-state index contributed by atoms with van der Waals surface area (Å²) in [5, 5.41) is 0. The molecule has 0 amide bonds. The van der Waals surface area contributed by atoms with Crippen molar-refractivity contribution in [3.63, 3.8) is 0 Å². The zero-order valence-corrected chi connectivity index (χ0v) is 18.2. The molecule has 156 valence electrons. The molecule has 0 unspecified atom stereocenters. The van der Waals surface area contributed by atoms with E-state index < -0.39 is 0 Å². The molecule has 3 rings (SSSR count). The molecule has 1 aliphatic rings. The van der Waals surface area contributed by atoms with Gasteiger partial charge in [-0.15, -0.1) is 12.8 Å². The second-order valence-electron chi connectivity index (χ2n) is 6.39. The summed E-state index contributed by atoms with van der Waals surface area (Å²) in [7, 11) is 0. The topological polar surface area (TPSA) is 30.8 Å². The maximum Gasteiger partial charge on any atom is 0.216 e. The number of benzene rings is 2. The van der Waals surface area contributed by atoms with E-state index >= 15 is 0 Å². The quantitative estimate of drug-likeness (QED) is 0.235. The fraction of sp³-hybridized carbons (Fsp3) is 0.423. The van der Waals surface area contributed by atoms with Crippen molar-refractivity contribution in [3.05, 3.63) is 65.2 Å². The Bertz CT molecular complexity index is 735. The van der Waals surface area contributed by atoms with Crippen LogP contribution >= 0.6 is 0 Å². The van der Waals surface area contributed by atoms with Gasteiger partial charge in [0, 0.05) is 18.5 Å². The molecule has 3 nitrogen and oxygen atoms in total. The van der Waals surface area contributed by atoms with Crippen LogP contribution in [0.2, 0.25) is 0 Å². The minimum atomic E-state index is 0.679. The molecular weight excluding hydrogens is 358 g/mol. The highest BCUT2D eigenvalue weighted by Crippen LogP contribution is 2.26. The molecule has 29 heavy (non-hydrogen) atoms. The highest BCUT2D eigenvalue weighted by Gasteiger charge is 2.11. The number of terminal acetylenes is 1. The molecule has 0 heterocycles. The zero-order chi connectivity index (χ0) is 21.3. The second kappa shape index (κ2) is 15.2. The van der Waals surface area contributed by atoms with Gasteiger partial charge in [0.2, 0.25) is 5.90 Å². The Labute approximate surface area is 177 Å². The second-order valence-corrected chi connectivity index (χ2v) is 6.39.